The fourth-order valence-corrected chi connectivity index (χ4v) is 0.926. The van der Waals surface area contributed by atoms with Crippen LogP contribution >= 0.6 is 0 Å². The highest BCUT2D eigenvalue weighted by Crippen LogP contribution is 2.17. The van der Waals surface area contributed by atoms with Gasteiger partial charge >= 0.3 is 6.16 Å². The fourth-order valence-electron chi connectivity index (χ4n) is 0.926. The van der Waals surface area contributed by atoms with Crippen molar-refractivity contribution in [3.63, 3.8) is 0 Å². The molecule has 0 aliphatic heterocycles. The summed E-state index contributed by atoms with van der Waals surface area (Å²) in [7, 11) is 0. The van der Waals surface area contributed by atoms with Crippen LogP contribution in [0.5, 0.6) is 5.75 Å². The maximum Gasteiger partial charge on any atom is 0.513 e. The van der Waals surface area contributed by atoms with Gasteiger partial charge in [0.1, 0.15) is 11.4 Å². The van der Waals surface area contributed by atoms with Crippen LogP contribution in [-0.4, -0.2) is 12.8 Å². The summed E-state index contributed by atoms with van der Waals surface area (Å²) in [5, 5.41) is 2.72. The van der Waals surface area contributed by atoms with Gasteiger partial charge in [0.2, 0.25) is 0 Å². The van der Waals surface area contributed by atoms with E-state index >= 15 is 0 Å². The van der Waals surface area contributed by atoms with Gasteiger partial charge in [-0.1, -0.05) is 6.08 Å². The Hall–Kier alpha value is -2.17. The van der Waals surface area contributed by atoms with Crippen LogP contribution in [0, 0.1) is 4.91 Å². The molecule has 0 aromatic heterocycles. The minimum atomic E-state index is -0.784. The second-order valence-corrected chi connectivity index (χ2v) is 2.86. The van der Waals surface area contributed by atoms with Gasteiger partial charge in [-0.2, -0.15) is 0 Å². The molecule has 5 nitrogen and oxygen atoms in total. The second-order valence-electron chi connectivity index (χ2n) is 2.86. The molecule has 0 bridgehead atoms. The molecule has 0 unspecified atom stereocenters. The molecule has 1 aromatic carbocycles. The van der Waals surface area contributed by atoms with Crippen molar-refractivity contribution in [2.75, 3.05) is 6.61 Å². The third-order valence-corrected chi connectivity index (χ3v) is 1.69. The highest BCUT2D eigenvalue weighted by molar-refractivity contribution is 5.64. The summed E-state index contributed by atoms with van der Waals surface area (Å²) in [6.07, 6.45) is 1.43. The number of benzene rings is 1. The molecule has 0 radical (unpaired) electrons. The number of hydrogen-bond acceptors (Lipinski definition) is 5. The normalized spacial score (nSPS) is 9.25. The van der Waals surface area contributed by atoms with Crippen LogP contribution in [0.2, 0.25) is 0 Å². The summed E-state index contributed by atoms with van der Waals surface area (Å²) in [6.45, 7) is 3.72. The molecule has 84 valence electrons. The Bertz CT molecular complexity index is 372. The molecular formula is C11H11NO4. The summed E-state index contributed by atoms with van der Waals surface area (Å²) in [5.41, 5.74) is 0.271. The van der Waals surface area contributed by atoms with Gasteiger partial charge in [0, 0.05) is 0 Å². The van der Waals surface area contributed by atoms with E-state index in [1.54, 1.807) is 6.08 Å². The molecule has 0 atom stereocenters. The lowest BCUT2D eigenvalue weighted by atomic mass is 10.3. The molecule has 0 saturated carbocycles. The number of rotatable bonds is 5. The average molecular weight is 221 g/mol. The number of carbonyl (C=O) groups is 1. The molecule has 0 fully saturated rings. The lowest BCUT2D eigenvalue weighted by Crippen LogP contribution is -2.10. The van der Waals surface area contributed by atoms with Crippen molar-refractivity contribution in [3.8, 4) is 5.75 Å². The molecule has 0 saturated heterocycles. The van der Waals surface area contributed by atoms with Crippen LogP contribution in [0.25, 0.3) is 0 Å². The van der Waals surface area contributed by atoms with Crippen molar-refractivity contribution in [2.45, 2.75) is 6.42 Å². The Morgan fingerprint density at radius 2 is 2.06 bits per heavy atom. The summed E-state index contributed by atoms with van der Waals surface area (Å²) in [6, 6.07) is 5.82. The summed E-state index contributed by atoms with van der Waals surface area (Å²) in [5.74, 6) is 0.302. The van der Waals surface area contributed by atoms with Crippen LogP contribution < -0.4 is 4.74 Å². The quantitative estimate of drug-likeness (QED) is 0.252. The number of nitrogens with zero attached hydrogens (tertiary/aromatic N) is 1. The van der Waals surface area contributed by atoms with Crippen molar-refractivity contribution < 1.29 is 14.3 Å². The second kappa shape index (κ2) is 6.34. The van der Waals surface area contributed by atoms with Gasteiger partial charge in [-0.3, -0.25) is 0 Å². The van der Waals surface area contributed by atoms with E-state index in [0.717, 1.165) is 0 Å². The smallest absolute Gasteiger partial charge is 0.434 e. The van der Waals surface area contributed by atoms with Crippen molar-refractivity contribution in [3.05, 3.63) is 41.8 Å². The number of carbonyl (C=O) groups excluding carboxylic acids is 1. The van der Waals surface area contributed by atoms with E-state index in [1.807, 2.05) is 0 Å². The van der Waals surface area contributed by atoms with Crippen molar-refractivity contribution >= 4 is 11.8 Å². The van der Waals surface area contributed by atoms with Gasteiger partial charge in [-0.05, 0) is 35.9 Å². The zero-order chi connectivity index (χ0) is 11.8. The van der Waals surface area contributed by atoms with E-state index in [4.69, 9.17) is 9.47 Å². The van der Waals surface area contributed by atoms with Gasteiger partial charge in [0.05, 0.1) is 6.61 Å². The number of nitroso groups, excluding NO2 is 1. The zero-order valence-electron chi connectivity index (χ0n) is 8.59. The Kier molecular flexibility index (Phi) is 4.72. The summed E-state index contributed by atoms with van der Waals surface area (Å²) >= 11 is 0. The molecule has 1 aromatic rings. The molecule has 0 amide bonds. The maximum atomic E-state index is 11.1. The van der Waals surface area contributed by atoms with Crippen LogP contribution in [0.4, 0.5) is 10.5 Å². The van der Waals surface area contributed by atoms with Crippen LogP contribution in [0.1, 0.15) is 6.42 Å². The van der Waals surface area contributed by atoms with Gasteiger partial charge in [-0.15, -0.1) is 11.5 Å². The van der Waals surface area contributed by atoms with Gasteiger partial charge in [0.25, 0.3) is 0 Å². The fraction of sp³-hybridized carbons (Fsp3) is 0.182. The highest BCUT2D eigenvalue weighted by atomic mass is 16.7. The molecule has 5 heteroatoms. The van der Waals surface area contributed by atoms with Crippen molar-refractivity contribution in [1.29, 1.82) is 0 Å². The van der Waals surface area contributed by atoms with Crippen molar-refractivity contribution in [2.24, 2.45) is 5.18 Å². The molecule has 0 aliphatic rings. The standard InChI is InChI=1S/C11H11NO4/c1-2-3-8-15-11(13)16-10-6-4-9(12-14)5-7-10/h2,4-7H,1,3,8H2. The third-order valence-electron chi connectivity index (χ3n) is 1.69. The Labute approximate surface area is 92.6 Å². The summed E-state index contributed by atoms with van der Waals surface area (Å²) < 4.78 is 9.55. The molecular weight excluding hydrogens is 210 g/mol. The molecule has 0 N–H and O–H groups in total. The van der Waals surface area contributed by atoms with Gasteiger partial charge in [-0.25, -0.2) is 4.79 Å². The Balaban J connectivity index is 2.43. The largest absolute Gasteiger partial charge is 0.513 e. The first-order valence-electron chi connectivity index (χ1n) is 4.65. The van der Waals surface area contributed by atoms with E-state index in [1.165, 1.54) is 24.3 Å². The molecule has 16 heavy (non-hydrogen) atoms. The molecule has 0 spiro atoms. The molecule has 0 aliphatic carbocycles. The lowest BCUT2D eigenvalue weighted by Gasteiger charge is -2.04. The summed E-state index contributed by atoms with van der Waals surface area (Å²) in [4.78, 5) is 21.2. The average Bonchev–Trinajstić information content (AvgIpc) is 2.30. The predicted molar refractivity (Wildman–Crippen MR) is 58.7 cm³/mol. The zero-order valence-corrected chi connectivity index (χ0v) is 8.59. The first-order valence-corrected chi connectivity index (χ1v) is 4.65. The Morgan fingerprint density at radius 3 is 2.62 bits per heavy atom. The van der Waals surface area contributed by atoms with E-state index < -0.39 is 6.16 Å². The van der Waals surface area contributed by atoms with E-state index in [0.29, 0.717) is 12.2 Å². The van der Waals surface area contributed by atoms with Crippen molar-refractivity contribution in [1.82, 2.24) is 0 Å². The Morgan fingerprint density at radius 1 is 1.38 bits per heavy atom. The SMILES string of the molecule is C=CCCOC(=O)Oc1ccc(N=O)cc1. The monoisotopic (exact) mass is 221 g/mol. The first kappa shape index (κ1) is 11.9. The topological polar surface area (TPSA) is 65.0 Å². The minimum Gasteiger partial charge on any atom is -0.434 e. The minimum absolute atomic E-state index is 0.232. The van der Waals surface area contributed by atoms with E-state index in [-0.39, 0.29) is 12.3 Å². The maximum absolute atomic E-state index is 11.1. The van der Waals surface area contributed by atoms with Crippen LogP contribution in [0.15, 0.2) is 42.1 Å². The highest BCUT2D eigenvalue weighted by Gasteiger charge is 2.05. The van der Waals surface area contributed by atoms with Crippen LogP contribution in [-0.2, 0) is 4.74 Å². The van der Waals surface area contributed by atoms with Gasteiger partial charge < -0.3 is 9.47 Å². The predicted octanol–water partition coefficient (Wildman–Crippen LogP) is 3.18. The molecule has 0 heterocycles. The van der Waals surface area contributed by atoms with E-state index in [2.05, 4.69) is 11.8 Å². The van der Waals surface area contributed by atoms with E-state index in [9.17, 15) is 9.70 Å². The lowest BCUT2D eigenvalue weighted by molar-refractivity contribution is 0.101. The number of hydrogen-bond donors (Lipinski definition) is 0. The first-order chi connectivity index (χ1) is 7.76. The van der Waals surface area contributed by atoms with Crippen LogP contribution in [0.3, 0.4) is 0 Å². The van der Waals surface area contributed by atoms with Gasteiger partial charge in [0.15, 0.2) is 0 Å². The molecule has 1 rings (SSSR count). The third kappa shape index (κ3) is 3.91. The number of ether oxygens (including phenoxy) is 2.